The van der Waals surface area contributed by atoms with E-state index in [2.05, 4.69) is 205 Å². The van der Waals surface area contributed by atoms with Gasteiger partial charge in [-0.25, -0.2) is 9.97 Å². The number of aromatic nitrogens is 3. The Kier molecular flexibility index (Phi) is 7.96. The highest BCUT2D eigenvalue weighted by atomic mass is 15.2. The van der Waals surface area contributed by atoms with Crippen LogP contribution in [0.2, 0.25) is 0 Å². The zero-order valence-corrected chi connectivity index (χ0v) is 31.3. The van der Waals surface area contributed by atoms with Crippen LogP contribution >= 0.6 is 0 Å². The first kappa shape index (κ1) is 33.0. The molecule has 0 amide bonds. The summed E-state index contributed by atoms with van der Waals surface area (Å²) in [5.74, 6) is 0.668. The maximum absolute atomic E-state index is 5.44. The van der Waals surface area contributed by atoms with Crippen molar-refractivity contribution in [1.29, 1.82) is 0 Å². The molecule has 2 aromatic heterocycles. The molecule has 11 aromatic rings. The van der Waals surface area contributed by atoms with Crippen LogP contribution in [0.1, 0.15) is 22.3 Å². The van der Waals surface area contributed by atoms with Crippen LogP contribution in [0.4, 0.5) is 0 Å². The summed E-state index contributed by atoms with van der Waals surface area (Å²) in [7, 11) is 0. The third-order valence-corrected chi connectivity index (χ3v) is 11.5. The molecule has 0 atom stereocenters. The van der Waals surface area contributed by atoms with Gasteiger partial charge in [0.1, 0.15) is 0 Å². The highest BCUT2D eigenvalue weighted by Crippen LogP contribution is 2.41. The Labute approximate surface area is 331 Å². The van der Waals surface area contributed by atoms with Crippen molar-refractivity contribution in [3.8, 4) is 28.3 Å². The zero-order chi connectivity index (χ0) is 37.7. The van der Waals surface area contributed by atoms with E-state index in [-0.39, 0.29) is 0 Å². The van der Waals surface area contributed by atoms with Gasteiger partial charge in [-0.3, -0.25) is 4.57 Å². The maximum atomic E-state index is 5.44. The minimum absolute atomic E-state index is 0.668. The molecule has 0 N–H and O–H groups in total. The number of nitrogens with zero attached hydrogens (tertiary/aromatic N) is 3. The smallest absolute Gasteiger partial charge is 0.235 e. The Bertz CT molecular complexity index is 3190. The summed E-state index contributed by atoms with van der Waals surface area (Å²) in [5.41, 5.74) is 12.9. The molecular weight excluding hydrogens is 691 g/mol. The third-order valence-electron chi connectivity index (χ3n) is 11.5. The average molecular weight is 728 g/mol. The number of benzene rings is 9. The van der Waals surface area contributed by atoms with Crippen LogP contribution in [0.3, 0.4) is 0 Å². The van der Waals surface area contributed by atoms with E-state index in [1.54, 1.807) is 0 Å². The summed E-state index contributed by atoms with van der Waals surface area (Å²) in [6.07, 6.45) is 1.73. The van der Waals surface area contributed by atoms with Crippen LogP contribution in [-0.2, 0) is 12.8 Å². The molecule has 0 aliphatic heterocycles. The first-order chi connectivity index (χ1) is 28.3. The van der Waals surface area contributed by atoms with E-state index < -0.39 is 0 Å². The molecule has 0 radical (unpaired) electrons. The molecule has 0 aliphatic carbocycles. The summed E-state index contributed by atoms with van der Waals surface area (Å²) in [5, 5.41) is 8.38. The lowest BCUT2D eigenvalue weighted by atomic mass is 9.90. The molecule has 0 saturated carbocycles. The molecular formula is C54H37N3. The van der Waals surface area contributed by atoms with Crippen molar-refractivity contribution in [1.82, 2.24) is 14.5 Å². The van der Waals surface area contributed by atoms with E-state index in [1.807, 2.05) is 0 Å². The van der Waals surface area contributed by atoms with Gasteiger partial charge in [0.05, 0.1) is 22.2 Å². The lowest BCUT2D eigenvalue weighted by Gasteiger charge is -2.15. The minimum Gasteiger partial charge on any atom is -0.278 e. The lowest BCUT2D eigenvalue weighted by Crippen LogP contribution is -2.03. The van der Waals surface area contributed by atoms with Crippen LogP contribution in [0.5, 0.6) is 0 Å². The molecule has 268 valence electrons. The molecule has 3 heteroatoms. The molecule has 57 heavy (non-hydrogen) atoms. The highest BCUT2D eigenvalue weighted by Gasteiger charge is 2.20. The molecule has 0 aliphatic rings. The Morgan fingerprint density at radius 1 is 0.368 bits per heavy atom. The van der Waals surface area contributed by atoms with Gasteiger partial charge in [-0.05, 0) is 86.0 Å². The largest absolute Gasteiger partial charge is 0.278 e. The fourth-order valence-electron chi connectivity index (χ4n) is 8.84. The number of rotatable bonds is 7. The minimum atomic E-state index is 0.668. The van der Waals surface area contributed by atoms with Crippen molar-refractivity contribution >= 4 is 54.3 Å². The first-order valence-corrected chi connectivity index (χ1v) is 19.7. The molecule has 0 fully saturated rings. The Morgan fingerprint density at radius 3 is 1.47 bits per heavy atom. The van der Waals surface area contributed by atoms with Crippen molar-refractivity contribution in [2.75, 3.05) is 0 Å². The third kappa shape index (κ3) is 5.75. The number of hydrogen-bond donors (Lipinski definition) is 0. The quantitative estimate of drug-likeness (QED) is 0.164. The van der Waals surface area contributed by atoms with Crippen LogP contribution < -0.4 is 0 Å². The molecule has 9 aromatic carbocycles. The van der Waals surface area contributed by atoms with E-state index >= 15 is 0 Å². The Hall–Kier alpha value is -7.36. The van der Waals surface area contributed by atoms with Crippen molar-refractivity contribution in [3.63, 3.8) is 0 Å². The van der Waals surface area contributed by atoms with Crippen molar-refractivity contribution in [2.24, 2.45) is 0 Å². The monoisotopic (exact) mass is 727 g/mol. The van der Waals surface area contributed by atoms with E-state index in [1.165, 1.54) is 65.7 Å². The van der Waals surface area contributed by atoms with Crippen molar-refractivity contribution in [3.05, 3.63) is 222 Å². The second kappa shape index (κ2) is 13.7. The van der Waals surface area contributed by atoms with Gasteiger partial charge >= 0.3 is 0 Å². The predicted octanol–water partition coefficient (Wildman–Crippen LogP) is 13.5. The number of hydrogen-bond acceptors (Lipinski definition) is 2. The van der Waals surface area contributed by atoms with Gasteiger partial charge in [-0.1, -0.05) is 182 Å². The predicted molar refractivity (Wildman–Crippen MR) is 238 cm³/mol. The van der Waals surface area contributed by atoms with E-state index in [0.29, 0.717) is 5.95 Å². The zero-order valence-electron chi connectivity index (χ0n) is 31.3. The highest BCUT2D eigenvalue weighted by molar-refractivity contribution is 6.28. The van der Waals surface area contributed by atoms with Gasteiger partial charge in [0.25, 0.3) is 0 Å². The average Bonchev–Trinajstić information content (AvgIpc) is 3.63. The number of para-hydroxylation sites is 1. The van der Waals surface area contributed by atoms with Crippen LogP contribution in [0.25, 0.3) is 82.6 Å². The van der Waals surface area contributed by atoms with Gasteiger partial charge in [-0.2, -0.15) is 0 Å². The molecule has 0 bridgehead atoms. The summed E-state index contributed by atoms with van der Waals surface area (Å²) in [6, 6.07) is 72.0. The molecule has 11 rings (SSSR count). The number of fused-ring (bicyclic) bond motifs is 8. The van der Waals surface area contributed by atoms with E-state index in [4.69, 9.17) is 9.97 Å². The fourth-order valence-corrected chi connectivity index (χ4v) is 8.84. The molecule has 0 unspecified atom stereocenters. The Morgan fingerprint density at radius 2 is 0.860 bits per heavy atom. The van der Waals surface area contributed by atoms with Gasteiger partial charge < -0.3 is 0 Å². The van der Waals surface area contributed by atoms with Gasteiger partial charge in [0.15, 0.2) is 0 Å². The van der Waals surface area contributed by atoms with Crippen LogP contribution in [0, 0.1) is 0 Å². The summed E-state index contributed by atoms with van der Waals surface area (Å²) >= 11 is 0. The molecule has 2 heterocycles. The van der Waals surface area contributed by atoms with E-state index in [0.717, 1.165) is 46.0 Å². The van der Waals surface area contributed by atoms with E-state index in [9.17, 15) is 0 Å². The van der Waals surface area contributed by atoms with Crippen LogP contribution in [-0.4, -0.2) is 14.5 Å². The standard InChI is InChI=1S/C54H37N3/c1-2-14-36(15-3-1)34-41-18-6-8-20-43(41)44-21-9-7-19-42(44)35-37-26-28-40(29-27-37)53-47-24-12-13-25-48(47)55-54(56-53)57-49-32-30-38-16-4-10-22-45(38)51(49)52-46-23-11-5-17-39(46)31-33-50(52)57/h1-33H,34-35H2. The van der Waals surface area contributed by atoms with Crippen LogP contribution in [0.15, 0.2) is 200 Å². The maximum Gasteiger partial charge on any atom is 0.235 e. The first-order valence-electron chi connectivity index (χ1n) is 19.7. The van der Waals surface area contributed by atoms with Crippen molar-refractivity contribution < 1.29 is 0 Å². The van der Waals surface area contributed by atoms with Gasteiger partial charge in [0.2, 0.25) is 5.95 Å². The fraction of sp³-hybridized carbons (Fsp3) is 0.0370. The Balaban J connectivity index is 1.02. The molecule has 0 saturated heterocycles. The molecule has 0 spiro atoms. The topological polar surface area (TPSA) is 30.7 Å². The van der Waals surface area contributed by atoms with Gasteiger partial charge in [0, 0.05) is 21.7 Å². The normalized spacial score (nSPS) is 11.6. The van der Waals surface area contributed by atoms with Gasteiger partial charge in [-0.15, -0.1) is 0 Å². The second-order valence-electron chi connectivity index (χ2n) is 14.9. The SMILES string of the molecule is c1ccc(Cc2ccccc2-c2ccccc2Cc2ccc(-c3nc(-n4c5ccc6ccccc6c5c5c6ccccc6ccc54)nc4ccccc34)cc2)cc1. The lowest BCUT2D eigenvalue weighted by molar-refractivity contribution is 1.01. The summed E-state index contributed by atoms with van der Waals surface area (Å²) in [6.45, 7) is 0. The summed E-state index contributed by atoms with van der Waals surface area (Å²) < 4.78 is 2.26. The summed E-state index contributed by atoms with van der Waals surface area (Å²) in [4.78, 5) is 10.7. The molecule has 3 nitrogen and oxygen atoms in total. The second-order valence-corrected chi connectivity index (χ2v) is 14.9. The van der Waals surface area contributed by atoms with Crippen molar-refractivity contribution in [2.45, 2.75) is 12.8 Å².